The van der Waals surface area contributed by atoms with Crippen LogP contribution in [-0.4, -0.2) is 65.0 Å². The summed E-state index contributed by atoms with van der Waals surface area (Å²) in [5, 5.41) is 3.80. The van der Waals surface area contributed by atoms with Crippen LogP contribution in [0, 0.1) is 0 Å². The van der Waals surface area contributed by atoms with Crippen LogP contribution >= 0.6 is 11.6 Å². The monoisotopic (exact) mass is 473 g/mol. The number of rotatable bonds is 9. The van der Waals surface area contributed by atoms with Crippen LogP contribution in [0.2, 0.25) is 5.02 Å². The van der Waals surface area contributed by atoms with E-state index in [1.807, 2.05) is 13.1 Å². The van der Waals surface area contributed by atoms with Crippen molar-refractivity contribution in [2.45, 2.75) is 37.8 Å². The number of ether oxygens (including phenoxy) is 3. The summed E-state index contributed by atoms with van der Waals surface area (Å²) in [4.78, 5) is 5.15. The summed E-state index contributed by atoms with van der Waals surface area (Å²) in [5.74, 6) is 2.38. The third-order valence-corrected chi connectivity index (χ3v) is 7.16. The lowest BCUT2D eigenvalue weighted by molar-refractivity contribution is 0.0715. The second kappa shape index (κ2) is 11.3. The Balaban J connectivity index is 1.45. The maximum absolute atomic E-state index is 6.24. The molecular weight excluding hydrogens is 438 g/mol. The van der Waals surface area contributed by atoms with Crippen molar-refractivity contribution in [3.05, 3.63) is 47.0 Å². The molecule has 2 atom stereocenters. The number of hydrogen-bond donors (Lipinski definition) is 1. The number of nitrogens with zero attached hydrogens (tertiary/aromatic N) is 2. The first-order valence-electron chi connectivity index (χ1n) is 11.9. The van der Waals surface area contributed by atoms with E-state index in [1.165, 1.54) is 30.5 Å². The number of fused-ring (bicyclic) bond motifs is 1. The molecule has 2 aliphatic rings. The van der Waals surface area contributed by atoms with Gasteiger partial charge in [-0.2, -0.15) is 0 Å². The number of piperazine rings is 1. The molecule has 2 aromatic rings. The fraction of sp³-hybridized carbons (Fsp3) is 0.538. The number of methoxy groups -OCH3 is 2. The Kier molecular flexibility index (Phi) is 8.23. The van der Waals surface area contributed by atoms with E-state index in [9.17, 15) is 0 Å². The van der Waals surface area contributed by atoms with Gasteiger partial charge in [-0.05, 0) is 69.1 Å². The number of halogens is 1. The van der Waals surface area contributed by atoms with E-state index in [0.29, 0.717) is 23.7 Å². The number of anilines is 1. The van der Waals surface area contributed by atoms with E-state index < -0.39 is 0 Å². The minimum absolute atomic E-state index is 0.415. The first kappa shape index (κ1) is 24.0. The van der Waals surface area contributed by atoms with Crippen LogP contribution in [0.5, 0.6) is 17.2 Å². The SMILES string of the molecule is CNCCCOc1ccc([C@H]2CCC[C@H]3CN(c4ccc(Cl)c(OC)c4)CCN32)cc1OC. The third-order valence-electron chi connectivity index (χ3n) is 6.84. The van der Waals surface area contributed by atoms with Gasteiger partial charge < -0.3 is 24.4 Å². The molecule has 0 saturated carbocycles. The van der Waals surface area contributed by atoms with E-state index in [4.69, 9.17) is 25.8 Å². The largest absolute Gasteiger partial charge is 0.495 e. The molecule has 0 aromatic heterocycles. The quantitative estimate of drug-likeness (QED) is 0.530. The van der Waals surface area contributed by atoms with E-state index in [0.717, 1.165) is 49.8 Å². The summed E-state index contributed by atoms with van der Waals surface area (Å²) in [6.45, 7) is 4.66. The molecule has 2 saturated heterocycles. The Morgan fingerprint density at radius 2 is 1.85 bits per heavy atom. The van der Waals surface area contributed by atoms with Crippen molar-refractivity contribution >= 4 is 17.3 Å². The Bertz CT molecular complexity index is 926. The van der Waals surface area contributed by atoms with Crippen LogP contribution in [0.1, 0.15) is 37.3 Å². The summed E-state index contributed by atoms with van der Waals surface area (Å²) in [5.41, 5.74) is 2.50. The molecule has 7 heteroatoms. The standard InChI is InChI=1S/C26H36ClN3O3/c1-28-12-5-15-33-24-11-8-19(16-26(24)32-3)23-7-4-6-21-18-29(13-14-30(21)23)20-9-10-22(27)25(17-20)31-2/h8-11,16-17,21,23,28H,4-7,12-15,18H2,1-3H3/t21-,23+/m0/s1. The summed E-state index contributed by atoms with van der Waals surface area (Å²) in [6.07, 6.45) is 4.60. The molecule has 33 heavy (non-hydrogen) atoms. The smallest absolute Gasteiger partial charge is 0.161 e. The highest BCUT2D eigenvalue weighted by Crippen LogP contribution is 2.40. The zero-order chi connectivity index (χ0) is 23.2. The topological polar surface area (TPSA) is 46.2 Å². The fourth-order valence-corrected chi connectivity index (χ4v) is 5.32. The number of piperidine rings is 1. The molecular formula is C26H36ClN3O3. The van der Waals surface area contributed by atoms with E-state index in [1.54, 1.807) is 14.2 Å². The van der Waals surface area contributed by atoms with E-state index in [-0.39, 0.29) is 0 Å². The second-order valence-corrected chi connectivity index (χ2v) is 9.23. The van der Waals surface area contributed by atoms with Gasteiger partial charge in [-0.3, -0.25) is 4.90 Å². The molecule has 2 fully saturated rings. The van der Waals surface area contributed by atoms with Gasteiger partial charge in [-0.25, -0.2) is 0 Å². The van der Waals surface area contributed by atoms with Crippen molar-refractivity contribution < 1.29 is 14.2 Å². The Morgan fingerprint density at radius 1 is 1.00 bits per heavy atom. The van der Waals surface area contributed by atoms with Gasteiger partial charge in [0, 0.05) is 43.5 Å². The van der Waals surface area contributed by atoms with Gasteiger partial charge in [0.15, 0.2) is 11.5 Å². The number of benzene rings is 2. The molecule has 0 amide bonds. The van der Waals surface area contributed by atoms with Crippen molar-refractivity contribution in [1.29, 1.82) is 0 Å². The molecule has 0 bridgehead atoms. The number of hydrogen-bond acceptors (Lipinski definition) is 6. The molecule has 0 radical (unpaired) electrons. The van der Waals surface area contributed by atoms with Gasteiger partial charge >= 0.3 is 0 Å². The molecule has 2 aromatic carbocycles. The van der Waals surface area contributed by atoms with Gasteiger partial charge in [0.2, 0.25) is 0 Å². The molecule has 180 valence electrons. The maximum Gasteiger partial charge on any atom is 0.161 e. The highest BCUT2D eigenvalue weighted by Gasteiger charge is 2.36. The molecule has 0 spiro atoms. The third kappa shape index (κ3) is 5.51. The zero-order valence-corrected chi connectivity index (χ0v) is 20.7. The summed E-state index contributed by atoms with van der Waals surface area (Å²) in [7, 11) is 5.35. The van der Waals surface area contributed by atoms with Crippen LogP contribution < -0.4 is 24.4 Å². The van der Waals surface area contributed by atoms with Gasteiger partial charge in [-0.15, -0.1) is 0 Å². The predicted octanol–water partition coefficient (Wildman–Crippen LogP) is 4.76. The van der Waals surface area contributed by atoms with Crippen molar-refractivity contribution in [1.82, 2.24) is 10.2 Å². The van der Waals surface area contributed by atoms with Crippen molar-refractivity contribution in [2.75, 3.05) is 59.0 Å². The lowest BCUT2D eigenvalue weighted by atomic mass is 9.89. The first-order valence-corrected chi connectivity index (χ1v) is 12.3. The van der Waals surface area contributed by atoms with Crippen LogP contribution in [0.3, 0.4) is 0 Å². The highest BCUT2D eigenvalue weighted by molar-refractivity contribution is 6.32. The molecule has 0 unspecified atom stereocenters. The normalized spacial score (nSPS) is 20.9. The van der Waals surface area contributed by atoms with Gasteiger partial charge in [0.1, 0.15) is 5.75 Å². The highest BCUT2D eigenvalue weighted by atomic mass is 35.5. The second-order valence-electron chi connectivity index (χ2n) is 8.82. The molecule has 6 nitrogen and oxygen atoms in total. The van der Waals surface area contributed by atoms with Gasteiger partial charge in [0.25, 0.3) is 0 Å². The fourth-order valence-electron chi connectivity index (χ4n) is 5.13. The van der Waals surface area contributed by atoms with E-state index in [2.05, 4.69) is 45.4 Å². The van der Waals surface area contributed by atoms with Crippen molar-refractivity contribution in [3.63, 3.8) is 0 Å². The van der Waals surface area contributed by atoms with Crippen molar-refractivity contribution in [3.8, 4) is 17.2 Å². The maximum atomic E-state index is 6.24. The van der Waals surface area contributed by atoms with Gasteiger partial charge in [-0.1, -0.05) is 17.7 Å². The van der Waals surface area contributed by atoms with Crippen molar-refractivity contribution in [2.24, 2.45) is 0 Å². The summed E-state index contributed by atoms with van der Waals surface area (Å²) >= 11 is 6.24. The Morgan fingerprint density at radius 3 is 2.64 bits per heavy atom. The average Bonchev–Trinajstić information content (AvgIpc) is 2.86. The van der Waals surface area contributed by atoms with Crippen LogP contribution in [0.4, 0.5) is 5.69 Å². The minimum atomic E-state index is 0.415. The lowest BCUT2D eigenvalue weighted by Crippen LogP contribution is -2.55. The molecule has 2 heterocycles. The molecule has 0 aliphatic carbocycles. The molecule has 4 rings (SSSR count). The number of nitrogens with one attached hydrogen (secondary N) is 1. The first-order chi connectivity index (χ1) is 16.1. The van der Waals surface area contributed by atoms with Crippen LogP contribution in [-0.2, 0) is 0 Å². The predicted molar refractivity (Wildman–Crippen MR) is 134 cm³/mol. The Labute approximate surface area is 202 Å². The lowest BCUT2D eigenvalue weighted by Gasteiger charge is -2.49. The van der Waals surface area contributed by atoms with Crippen LogP contribution in [0.25, 0.3) is 0 Å². The summed E-state index contributed by atoms with van der Waals surface area (Å²) < 4.78 is 17.1. The molecule has 2 aliphatic heterocycles. The molecule has 1 N–H and O–H groups in total. The van der Waals surface area contributed by atoms with Crippen LogP contribution in [0.15, 0.2) is 36.4 Å². The van der Waals surface area contributed by atoms with E-state index >= 15 is 0 Å². The Hall–Kier alpha value is -2.15. The minimum Gasteiger partial charge on any atom is -0.495 e. The summed E-state index contributed by atoms with van der Waals surface area (Å²) in [6, 6.07) is 13.5. The zero-order valence-electron chi connectivity index (χ0n) is 20.0. The van der Waals surface area contributed by atoms with Gasteiger partial charge in [0.05, 0.1) is 25.8 Å². The average molecular weight is 474 g/mol.